The second-order valence-corrected chi connectivity index (χ2v) is 2.99. The molecular weight excluding hydrogens is 168 g/mol. The van der Waals surface area contributed by atoms with Crippen LogP contribution in [0.3, 0.4) is 0 Å². The molecule has 0 aliphatic carbocycles. The first kappa shape index (κ1) is 14.7. The van der Waals surface area contributed by atoms with Gasteiger partial charge in [0.05, 0.1) is 0 Å². The minimum Gasteiger partial charge on any atom is -0.465 e. The Balaban J connectivity index is 0. The van der Waals surface area contributed by atoms with Crippen molar-refractivity contribution < 1.29 is 9.90 Å². The van der Waals surface area contributed by atoms with Gasteiger partial charge in [0.1, 0.15) is 0 Å². The Labute approximate surface area is 80.3 Å². The van der Waals surface area contributed by atoms with Gasteiger partial charge in [-0.2, -0.15) is 0 Å². The van der Waals surface area contributed by atoms with Crippen LogP contribution < -0.4 is 11.5 Å². The summed E-state index contributed by atoms with van der Waals surface area (Å²) in [5.74, 6) is 0.782. The van der Waals surface area contributed by atoms with E-state index in [1.807, 2.05) is 0 Å². The molecule has 5 N–H and O–H groups in total. The minimum absolute atomic E-state index is 0.782. The number of carboxylic acid groups (broad SMARTS) is 1. The van der Waals surface area contributed by atoms with E-state index in [2.05, 4.69) is 19.6 Å². The molecule has 0 heterocycles. The predicted octanol–water partition coefficient (Wildman–Crippen LogP) is 1.78. The van der Waals surface area contributed by atoms with Crippen LogP contribution in [-0.2, 0) is 0 Å². The average Bonchev–Trinajstić information content (AvgIpc) is 2.06. The van der Waals surface area contributed by atoms with E-state index in [1.165, 1.54) is 25.7 Å². The van der Waals surface area contributed by atoms with E-state index in [4.69, 9.17) is 15.6 Å². The van der Waals surface area contributed by atoms with Crippen molar-refractivity contribution in [3.05, 3.63) is 0 Å². The number of hydrogen-bond donors (Lipinski definition) is 3. The lowest BCUT2D eigenvalue weighted by Gasteiger charge is -2.09. The topological polar surface area (TPSA) is 89.3 Å². The largest absolute Gasteiger partial charge is 0.465 e. The van der Waals surface area contributed by atoms with Gasteiger partial charge in [0.25, 0.3) is 0 Å². The molecule has 0 rings (SSSR count). The van der Waals surface area contributed by atoms with Crippen LogP contribution in [-0.4, -0.2) is 17.7 Å². The molecule has 1 atom stereocenters. The fourth-order valence-corrected chi connectivity index (χ4v) is 0.981. The van der Waals surface area contributed by atoms with Gasteiger partial charge in [-0.25, -0.2) is 4.79 Å². The third-order valence-electron chi connectivity index (χ3n) is 1.88. The number of unbranched alkanes of at least 4 members (excludes halogenated alkanes) is 1. The van der Waals surface area contributed by atoms with Gasteiger partial charge in [-0.05, 0) is 18.9 Å². The lowest BCUT2D eigenvalue weighted by Crippen LogP contribution is -2.12. The van der Waals surface area contributed by atoms with Crippen molar-refractivity contribution in [1.82, 2.24) is 0 Å². The predicted molar refractivity (Wildman–Crippen MR) is 54.6 cm³/mol. The van der Waals surface area contributed by atoms with Gasteiger partial charge in [-0.1, -0.05) is 33.1 Å². The maximum absolute atomic E-state index is 8.78. The first-order valence-corrected chi connectivity index (χ1v) is 4.76. The molecule has 0 radical (unpaired) electrons. The van der Waals surface area contributed by atoms with Crippen LogP contribution in [0.25, 0.3) is 0 Å². The first-order chi connectivity index (χ1) is 6.08. The smallest absolute Gasteiger partial charge is 0.402 e. The van der Waals surface area contributed by atoms with Crippen molar-refractivity contribution in [2.45, 2.75) is 39.5 Å². The molecule has 0 bridgehead atoms. The molecule has 80 valence electrons. The van der Waals surface area contributed by atoms with Crippen LogP contribution in [0.1, 0.15) is 39.5 Å². The summed E-state index contributed by atoms with van der Waals surface area (Å²) in [7, 11) is 0. The highest BCUT2D eigenvalue weighted by molar-refractivity contribution is 5.61. The molecule has 4 nitrogen and oxygen atoms in total. The quantitative estimate of drug-likeness (QED) is 0.617. The monoisotopic (exact) mass is 190 g/mol. The Kier molecular flexibility index (Phi) is 12.7. The summed E-state index contributed by atoms with van der Waals surface area (Å²) in [5.41, 5.74) is 9.55. The van der Waals surface area contributed by atoms with Crippen LogP contribution in [0.2, 0.25) is 0 Å². The second-order valence-electron chi connectivity index (χ2n) is 2.99. The van der Waals surface area contributed by atoms with Gasteiger partial charge in [-0.15, -0.1) is 0 Å². The average molecular weight is 190 g/mol. The van der Waals surface area contributed by atoms with Gasteiger partial charge in [0.2, 0.25) is 0 Å². The molecule has 0 saturated carbocycles. The number of amides is 1. The number of hydrogen-bond acceptors (Lipinski definition) is 2. The SMILES string of the molecule is CCCCC(CC)CN.NC(=O)O. The van der Waals surface area contributed by atoms with Crippen LogP contribution in [0.5, 0.6) is 0 Å². The molecule has 13 heavy (non-hydrogen) atoms. The van der Waals surface area contributed by atoms with E-state index < -0.39 is 6.09 Å². The summed E-state index contributed by atoms with van der Waals surface area (Å²) in [5, 5.41) is 7.19. The molecule has 0 saturated heterocycles. The zero-order valence-electron chi connectivity index (χ0n) is 8.62. The van der Waals surface area contributed by atoms with Gasteiger partial charge >= 0.3 is 6.09 Å². The molecular formula is C9H22N2O2. The number of nitrogens with two attached hydrogens (primary N) is 2. The highest BCUT2D eigenvalue weighted by Gasteiger charge is 2.00. The van der Waals surface area contributed by atoms with E-state index in [9.17, 15) is 0 Å². The summed E-state index contributed by atoms with van der Waals surface area (Å²) in [6, 6.07) is 0. The third kappa shape index (κ3) is 18.3. The maximum Gasteiger partial charge on any atom is 0.402 e. The summed E-state index contributed by atoms with van der Waals surface area (Å²) in [6.07, 6.45) is 3.88. The standard InChI is InChI=1S/C8H19N.CH3NO2/c1-3-5-6-8(4-2)7-9;2-1(3)4/h8H,3-7,9H2,1-2H3;2H2,(H,3,4). The number of primary amides is 1. The van der Waals surface area contributed by atoms with Crippen molar-refractivity contribution >= 4 is 6.09 Å². The summed E-state index contributed by atoms with van der Waals surface area (Å²) in [4.78, 5) is 8.78. The van der Waals surface area contributed by atoms with Crippen LogP contribution >= 0.6 is 0 Å². The van der Waals surface area contributed by atoms with Gasteiger partial charge in [0, 0.05) is 0 Å². The Morgan fingerprint density at radius 3 is 2.15 bits per heavy atom. The molecule has 0 aromatic rings. The second kappa shape index (κ2) is 11.2. The molecule has 1 amide bonds. The molecule has 0 aromatic heterocycles. The summed E-state index contributed by atoms with van der Waals surface area (Å²) >= 11 is 0. The van der Waals surface area contributed by atoms with Crippen molar-refractivity contribution in [2.24, 2.45) is 17.4 Å². The molecule has 0 fully saturated rings. The highest BCUT2D eigenvalue weighted by atomic mass is 16.4. The van der Waals surface area contributed by atoms with Crippen molar-refractivity contribution in [2.75, 3.05) is 6.54 Å². The van der Waals surface area contributed by atoms with E-state index in [-0.39, 0.29) is 0 Å². The lowest BCUT2D eigenvalue weighted by atomic mass is 10.00. The number of rotatable bonds is 5. The van der Waals surface area contributed by atoms with Crippen molar-refractivity contribution in [1.29, 1.82) is 0 Å². The minimum atomic E-state index is -1.33. The van der Waals surface area contributed by atoms with E-state index in [1.54, 1.807) is 0 Å². The fraction of sp³-hybridized carbons (Fsp3) is 0.889. The van der Waals surface area contributed by atoms with E-state index in [0.29, 0.717) is 0 Å². The summed E-state index contributed by atoms with van der Waals surface area (Å²) < 4.78 is 0. The maximum atomic E-state index is 8.78. The normalized spacial score (nSPS) is 11.3. The van der Waals surface area contributed by atoms with Gasteiger partial charge in [-0.3, -0.25) is 0 Å². The summed E-state index contributed by atoms with van der Waals surface area (Å²) in [6.45, 7) is 5.31. The Morgan fingerprint density at radius 1 is 1.46 bits per heavy atom. The Morgan fingerprint density at radius 2 is 1.92 bits per heavy atom. The number of carbonyl (C=O) groups is 1. The zero-order chi connectivity index (χ0) is 10.7. The van der Waals surface area contributed by atoms with E-state index in [0.717, 1.165) is 12.5 Å². The van der Waals surface area contributed by atoms with Gasteiger partial charge in [0.15, 0.2) is 0 Å². The third-order valence-corrected chi connectivity index (χ3v) is 1.88. The van der Waals surface area contributed by atoms with Crippen molar-refractivity contribution in [3.8, 4) is 0 Å². The van der Waals surface area contributed by atoms with Crippen LogP contribution in [0.4, 0.5) is 4.79 Å². The molecule has 4 heteroatoms. The molecule has 0 aliphatic rings. The molecule has 0 aromatic carbocycles. The van der Waals surface area contributed by atoms with Crippen LogP contribution in [0, 0.1) is 5.92 Å². The van der Waals surface area contributed by atoms with Crippen LogP contribution in [0.15, 0.2) is 0 Å². The fourth-order valence-electron chi connectivity index (χ4n) is 0.981. The highest BCUT2D eigenvalue weighted by Crippen LogP contribution is 2.09. The van der Waals surface area contributed by atoms with E-state index >= 15 is 0 Å². The zero-order valence-corrected chi connectivity index (χ0v) is 8.62. The van der Waals surface area contributed by atoms with Gasteiger partial charge < -0.3 is 16.6 Å². The van der Waals surface area contributed by atoms with Crippen molar-refractivity contribution in [3.63, 3.8) is 0 Å². The lowest BCUT2D eigenvalue weighted by molar-refractivity contribution is 0.205. The molecule has 0 aliphatic heterocycles. The Bertz CT molecular complexity index is 110. The first-order valence-electron chi connectivity index (χ1n) is 4.76. The molecule has 1 unspecified atom stereocenters. The molecule has 0 spiro atoms. The Hall–Kier alpha value is -0.770.